The molecular weight excluding hydrogens is 233 g/mol. The Bertz CT molecular complexity index is 398. The molecule has 1 aromatic carbocycles. The van der Waals surface area contributed by atoms with Gasteiger partial charge in [0.2, 0.25) is 5.91 Å². The molecule has 0 spiro atoms. The Kier molecular flexibility index (Phi) is 5.74. The first-order valence-corrected chi connectivity index (χ1v) is 5.97. The summed E-state index contributed by atoms with van der Waals surface area (Å²) in [5.74, 6) is 4.64. The van der Waals surface area contributed by atoms with Crippen LogP contribution in [-0.2, 0) is 11.3 Å². The summed E-state index contributed by atoms with van der Waals surface area (Å²) in [5, 5.41) is 0. The number of hydrogen-bond acceptors (Lipinski definition) is 3. The number of nitrogens with one attached hydrogen (secondary N) is 1. The molecule has 4 nitrogen and oxygen atoms in total. The van der Waals surface area contributed by atoms with Crippen molar-refractivity contribution >= 4 is 5.91 Å². The summed E-state index contributed by atoms with van der Waals surface area (Å²) in [7, 11) is 1.91. The van der Waals surface area contributed by atoms with Gasteiger partial charge in [0.1, 0.15) is 5.82 Å². The van der Waals surface area contributed by atoms with E-state index in [1.54, 1.807) is 12.1 Å². The number of hydrogen-bond donors (Lipinski definition) is 2. The number of halogens is 1. The van der Waals surface area contributed by atoms with Gasteiger partial charge in [-0.2, -0.15) is 0 Å². The Balaban J connectivity index is 2.47. The van der Waals surface area contributed by atoms with E-state index in [4.69, 9.17) is 5.84 Å². The molecule has 1 amide bonds. The number of nitrogens with zero attached hydrogens (tertiary/aromatic N) is 1. The molecule has 0 bridgehead atoms. The lowest BCUT2D eigenvalue weighted by Gasteiger charge is -2.24. The number of amides is 1. The Morgan fingerprint density at radius 3 is 2.78 bits per heavy atom. The van der Waals surface area contributed by atoms with Crippen LogP contribution in [0.3, 0.4) is 0 Å². The van der Waals surface area contributed by atoms with E-state index in [1.165, 1.54) is 6.07 Å². The van der Waals surface area contributed by atoms with Crippen LogP contribution in [-0.4, -0.2) is 23.9 Å². The van der Waals surface area contributed by atoms with Gasteiger partial charge in [-0.05, 0) is 26.5 Å². The van der Waals surface area contributed by atoms with Crippen LogP contribution in [0.25, 0.3) is 0 Å². The van der Waals surface area contributed by atoms with Crippen molar-refractivity contribution in [3.63, 3.8) is 0 Å². The third-order valence-electron chi connectivity index (χ3n) is 3.08. The average Bonchev–Trinajstić information content (AvgIpc) is 2.38. The van der Waals surface area contributed by atoms with Gasteiger partial charge in [-0.3, -0.25) is 15.1 Å². The van der Waals surface area contributed by atoms with E-state index in [9.17, 15) is 9.18 Å². The van der Waals surface area contributed by atoms with Crippen LogP contribution >= 0.6 is 0 Å². The minimum absolute atomic E-state index is 0.179. The normalized spacial score (nSPS) is 12.5. The van der Waals surface area contributed by atoms with Gasteiger partial charge < -0.3 is 0 Å². The second kappa shape index (κ2) is 7.08. The minimum atomic E-state index is -0.198. The molecule has 3 N–H and O–H groups in total. The first-order valence-electron chi connectivity index (χ1n) is 5.97. The Labute approximate surface area is 107 Å². The predicted octanol–water partition coefficient (Wildman–Crippen LogP) is 1.42. The van der Waals surface area contributed by atoms with Crippen molar-refractivity contribution in [3.8, 4) is 0 Å². The van der Waals surface area contributed by atoms with Crippen LogP contribution in [0.1, 0.15) is 25.3 Å². The highest BCUT2D eigenvalue weighted by Gasteiger charge is 2.13. The van der Waals surface area contributed by atoms with Gasteiger partial charge in [0, 0.05) is 24.6 Å². The number of carbonyl (C=O) groups excluding carboxylic acids is 1. The van der Waals surface area contributed by atoms with E-state index in [0.29, 0.717) is 24.9 Å². The zero-order valence-corrected chi connectivity index (χ0v) is 10.8. The summed E-state index contributed by atoms with van der Waals surface area (Å²) in [6.07, 6.45) is 1.06. The molecule has 0 heterocycles. The average molecular weight is 253 g/mol. The lowest BCUT2D eigenvalue weighted by molar-refractivity contribution is -0.121. The fourth-order valence-electron chi connectivity index (χ4n) is 1.68. The highest BCUT2D eigenvalue weighted by molar-refractivity contribution is 5.75. The van der Waals surface area contributed by atoms with E-state index in [2.05, 4.69) is 5.43 Å². The maximum Gasteiger partial charge on any atom is 0.233 e. The van der Waals surface area contributed by atoms with Crippen molar-refractivity contribution in [1.82, 2.24) is 10.3 Å². The SMILES string of the molecule is CC(CCC(=O)NN)N(C)Cc1ccccc1F. The lowest BCUT2D eigenvalue weighted by Crippen LogP contribution is -2.33. The van der Waals surface area contributed by atoms with Gasteiger partial charge in [0.15, 0.2) is 0 Å². The quantitative estimate of drug-likeness (QED) is 0.458. The Hall–Kier alpha value is -1.46. The maximum atomic E-state index is 13.5. The number of nitrogens with two attached hydrogens (primary N) is 1. The van der Waals surface area contributed by atoms with Crippen molar-refractivity contribution in [2.45, 2.75) is 32.4 Å². The van der Waals surface area contributed by atoms with Gasteiger partial charge in [-0.25, -0.2) is 10.2 Å². The zero-order valence-electron chi connectivity index (χ0n) is 10.8. The summed E-state index contributed by atoms with van der Waals surface area (Å²) in [5.41, 5.74) is 2.76. The number of rotatable bonds is 6. The molecule has 0 aliphatic rings. The molecule has 0 fully saturated rings. The molecule has 1 atom stereocenters. The van der Waals surface area contributed by atoms with Gasteiger partial charge in [0.05, 0.1) is 0 Å². The topological polar surface area (TPSA) is 58.4 Å². The largest absolute Gasteiger partial charge is 0.299 e. The lowest BCUT2D eigenvalue weighted by atomic mass is 10.1. The van der Waals surface area contributed by atoms with Crippen LogP contribution < -0.4 is 11.3 Å². The van der Waals surface area contributed by atoms with Gasteiger partial charge in [-0.1, -0.05) is 18.2 Å². The maximum absolute atomic E-state index is 13.5. The highest BCUT2D eigenvalue weighted by Crippen LogP contribution is 2.12. The second-order valence-corrected chi connectivity index (χ2v) is 4.46. The van der Waals surface area contributed by atoms with Gasteiger partial charge >= 0.3 is 0 Å². The summed E-state index contributed by atoms with van der Waals surface area (Å²) >= 11 is 0. The molecular formula is C13H20FN3O. The van der Waals surface area contributed by atoms with Crippen LogP contribution in [0, 0.1) is 5.82 Å². The van der Waals surface area contributed by atoms with E-state index in [-0.39, 0.29) is 17.8 Å². The van der Waals surface area contributed by atoms with Crippen molar-refractivity contribution in [3.05, 3.63) is 35.6 Å². The highest BCUT2D eigenvalue weighted by atomic mass is 19.1. The first kappa shape index (κ1) is 14.6. The summed E-state index contributed by atoms with van der Waals surface area (Å²) in [4.78, 5) is 13.1. The fourth-order valence-corrected chi connectivity index (χ4v) is 1.68. The van der Waals surface area contributed by atoms with Crippen LogP contribution in [0.2, 0.25) is 0 Å². The van der Waals surface area contributed by atoms with E-state index >= 15 is 0 Å². The monoisotopic (exact) mass is 253 g/mol. The third-order valence-corrected chi connectivity index (χ3v) is 3.08. The molecule has 5 heteroatoms. The van der Waals surface area contributed by atoms with Crippen molar-refractivity contribution in [2.24, 2.45) is 5.84 Å². The standard InChI is InChI=1S/C13H20FN3O/c1-10(7-8-13(18)16-15)17(2)9-11-5-3-4-6-12(11)14/h3-6,10H,7-9,15H2,1-2H3,(H,16,18). The molecule has 18 heavy (non-hydrogen) atoms. The molecule has 0 aliphatic heterocycles. The van der Waals surface area contributed by atoms with Crippen LogP contribution in [0.4, 0.5) is 4.39 Å². The Morgan fingerprint density at radius 2 is 2.17 bits per heavy atom. The smallest absolute Gasteiger partial charge is 0.233 e. The van der Waals surface area contributed by atoms with Crippen molar-refractivity contribution < 1.29 is 9.18 Å². The van der Waals surface area contributed by atoms with Crippen LogP contribution in [0.15, 0.2) is 24.3 Å². The fraction of sp³-hybridized carbons (Fsp3) is 0.462. The zero-order chi connectivity index (χ0) is 13.5. The Morgan fingerprint density at radius 1 is 1.50 bits per heavy atom. The number of carbonyl (C=O) groups is 1. The molecule has 0 radical (unpaired) electrons. The molecule has 0 aromatic heterocycles. The van der Waals surface area contributed by atoms with Gasteiger partial charge in [0.25, 0.3) is 0 Å². The van der Waals surface area contributed by atoms with E-state index < -0.39 is 0 Å². The molecule has 100 valence electrons. The number of benzene rings is 1. The summed E-state index contributed by atoms with van der Waals surface area (Å²) in [6.45, 7) is 2.53. The van der Waals surface area contributed by atoms with E-state index in [1.807, 2.05) is 24.9 Å². The molecule has 0 saturated heterocycles. The molecule has 1 unspecified atom stereocenters. The second-order valence-electron chi connectivity index (χ2n) is 4.46. The predicted molar refractivity (Wildman–Crippen MR) is 68.9 cm³/mol. The molecule has 0 aliphatic carbocycles. The molecule has 1 rings (SSSR count). The van der Waals surface area contributed by atoms with Crippen molar-refractivity contribution in [1.29, 1.82) is 0 Å². The van der Waals surface area contributed by atoms with Crippen molar-refractivity contribution in [2.75, 3.05) is 7.05 Å². The molecule has 1 aromatic rings. The van der Waals surface area contributed by atoms with Gasteiger partial charge in [-0.15, -0.1) is 0 Å². The summed E-state index contributed by atoms with van der Waals surface area (Å²) in [6, 6.07) is 6.90. The first-order chi connectivity index (χ1) is 8.54. The van der Waals surface area contributed by atoms with Crippen LogP contribution in [0.5, 0.6) is 0 Å². The van der Waals surface area contributed by atoms with E-state index in [0.717, 1.165) is 0 Å². The summed E-state index contributed by atoms with van der Waals surface area (Å²) < 4.78 is 13.5. The third kappa shape index (κ3) is 4.43. The number of hydrazine groups is 1. The minimum Gasteiger partial charge on any atom is -0.299 e. The molecule has 0 saturated carbocycles.